The van der Waals surface area contributed by atoms with Gasteiger partial charge in [0.15, 0.2) is 0 Å². The molecular weight excluding hydrogens is 242 g/mol. The largest absolute Gasteiger partial charge is 0.388 e. The quantitative estimate of drug-likeness (QED) is 0.671. The van der Waals surface area contributed by atoms with Gasteiger partial charge < -0.3 is 15.4 Å². The Morgan fingerprint density at radius 1 is 1.37 bits per heavy atom. The third kappa shape index (κ3) is 6.20. The molecular formula is C14H23N3O2. The molecule has 0 spiro atoms. The Hall–Kier alpha value is -1.62. The van der Waals surface area contributed by atoms with Gasteiger partial charge in [-0.3, -0.25) is 9.78 Å². The maximum absolute atomic E-state index is 11.8. The summed E-state index contributed by atoms with van der Waals surface area (Å²) >= 11 is 0. The number of rotatable bonds is 9. The normalized spacial score (nSPS) is 10.2. The molecule has 0 aliphatic heterocycles. The van der Waals surface area contributed by atoms with Crippen molar-refractivity contribution in [1.82, 2.24) is 10.3 Å². The van der Waals surface area contributed by atoms with E-state index < -0.39 is 0 Å². The van der Waals surface area contributed by atoms with E-state index in [1.807, 2.05) is 13.1 Å². The first-order valence-electron chi connectivity index (χ1n) is 6.77. The van der Waals surface area contributed by atoms with Gasteiger partial charge in [0, 0.05) is 38.7 Å². The van der Waals surface area contributed by atoms with Crippen LogP contribution in [0.15, 0.2) is 18.3 Å². The van der Waals surface area contributed by atoms with Gasteiger partial charge in [0.2, 0.25) is 0 Å². The highest BCUT2D eigenvalue weighted by molar-refractivity contribution is 5.93. The smallest absolute Gasteiger partial charge is 0.269 e. The lowest BCUT2D eigenvalue weighted by Crippen LogP contribution is -2.26. The molecule has 0 bridgehead atoms. The number of nitrogens with zero attached hydrogens (tertiary/aromatic N) is 1. The summed E-state index contributed by atoms with van der Waals surface area (Å²) in [5, 5.41) is 5.81. The van der Waals surface area contributed by atoms with Crippen LogP contribution in [0.3, 0.4) is 0 Å². The number of aromatic nitrogens is 1. The van der Waals surface area contributed by atoms with Crippen LogP contribution < -0.4 is 10.6 Å². The van der Waals surface area contributed by atoms with Crippen molar-refractivity contribution in [1.29, 1.82) is 0 Å². The van der Waals surface area contributed by atoms with Crippen molar-refractivity contribution >= 4 is 11.6 Å². The lowest BCUT2D eigenvalue weighted by atomic mass is 10.3. The minimum Gasteiger partial charge on any atom is -0.388 e. The van der Waals surface area contributed by atoms with Gasteiger partial charge >= 0.3 is 0 Å². The zero-order valence-corrected chi connectivity index (χ0v) is 11.7. The molecule has 0 aromatic carbocycles. The van der Waals surface area contributed by atoms with Gasteiger partial charge in [-0.15, -0.1) is 0 Å². The molecule has 0 unspecified atom stereocenters. The van der Waals surface area contributed by atoms with Crippen molar-refractivity contribution in [2.75, 3.05) is 32.1 Å². The van der Waals surface area contributed by atoms with Crippen LogP contribution in [0.5, 0.6) is 0 Å². The average Bonchev–Trinajstić information content (AvgIpc) is 2.46. The second kappa shape index (κ2) is 9.33. The van der Waals surface area contributed by atoms with Crippen LogP contribution in [0.25, 0.3) is 0 Å². The summed E-state index contributed by atoms with van der Waals surface area (Å²) in [6.45, 7) is 4.23. The number of unbranched alkanes of at least 4 members (excludes halogenated alkanes) is 1. The molecule has 19 heavy (non-hydrogen) atoms. The first-order chi connectivity index (χ1) is 9.27. The average molecular weight is 265 g/mol. The van der Waals surface area contributed by atoms with E-state index in [2.05, 4.69) is 22.5 Å². The molecule has 0 saturated heterocycles. The summed E-state index contributed by atoms with van der Waals surface area (Å²) in [4.78, 5) is 15.8. The monoisotopic (exact) mass is 265 g/mol. The fraction of sp³-hybridized carbons (Fsp3) is 0.571. The number of ether oxygens (including phenoxy) is 1. The van der Waals surface area contributed by atoms with E-state index >= 15 is 0 Å². The molecule has 5 nitrogen and oxygen atoms in total. The predicted octanol–water partition coefficient (Wildman–Crippen LogP) is 2.06. The Bertz CT molecular complexity index is 383. The van der Waals surface area contributed by atoms with Gasteiger partial charge in [-0.25, -0.2) is 0 Å². The maximum Gasteiger partial charge on any atom is 0.269 e. The molecule has 5 heteroatoms. The maximum atomic E-state index is 11.8. The number of nitrogens with one attached hydrogen (secondary N) is 2. The molecule has 1 heterocycles. The summed E-state index contributed by atoms with van der Waals surface area (Å²) in [6.07, 6.45) is 4.67. The minimum absolute atomic E-state index is 0.148. The first-order valence-corrected chi connectivity index (χ1v) is 6.77. The molecule has 1 aromatic heterocycles. The third-order valence-electron chi connectivity index (χ3n) is 2.67. The molecule has 0 radical (unpaired) electrons. The molecule has 0 atom stereocenters. The Balaban J connectivity index is 2.20. The van der Waals surface area contributed by atoms with Gasteiger partial charge in [0.25, 0.3) is 5.91 Å². The minimum atomic E-state index is -0.148. The van der Waals surface area contributed by atoms with E-state index in [1.165, 1.54) is 0 Å². The van der Waals surface area contributed by atoms with Crippen molar-refractivity contribution < 1.29 is 9.53 Å². The zero-order chi connectivity index (χ0) is 13.9. The highest BCUT2D eigenvalue weighted by Crippen LogP contribution is 2.06. The topological polar surface area (TPSA) is 63.2 Å². The summed E-state index contributed by atoms with van der Waals surface area (Å²) in [5.74, 6) is -0.148. The number of carbonyl (C=O) groups excluding carboxylic acids is 1. The van der Waals surface area contributed by atoms with Crippen molar-refractivity contribution in [3.8, 4) is 0 Å². The lowest BCUT2D eigenvalue weighted by molar-refractivity contribution is 0.0935. The Morgan fingerprint density at radius 3 is 2.89 bits per heavy atom. The molecule has 0 aliphatic rings. The Labute approximate surface area is 114 Å². The number of hydrogen-bond acceptors (Lipinski definition) is 4. The molecule has 1 rings (SSSR count). The van der Waals surface area contributed by atoms with Gasteiger partial charge in [-0.1, -0.05) is 13.3 Å². The number of hydrogen-bond donors (Lipinski definition) is 2. The van der Waals surface area contributed by atoms with Crippen LogP contribution in [0.4, 0.5) is 5.69 Å². The van der Waals surface area contributed by atoms with E-state index in [0.717, 1.165) is 31.6 Å². The molecule has 1 amide bonds. The van der Waals surface area contributed by atoms with Crippen LogP contribution in [0.2, 0.25) is 0 Å². The molecule has 106 valence electrons. The summed E-state index contributed by atoms with van der Waals surface area (Å²) < 4.78 is 5.42. The lowest BCUT2D eigenvalue weighted by Gasteiger charge is -2.06. The van der Waals surface area contributed by atoms with E-state index in [9.17, 15) is 4.79 Å². The van der Waals surface area contributed by atoms with E-state index in [4.69, 9.17) is 4.74 Å². The molecule has 0 fully saturated rings. The number of pyridine rings is 1. The molecule has 0 saturated carbocycles. The van der Waals surface area contributed by atoms with E-state index in [-0.39, 0.29) is 5.91 Å². The third-order valence-corrected chi connectivity index (χ3v) is 2.67. The summed E-state index contributed by atoms with van der Waals surface area (Å²) in [6, 6.07) is 3.55. The first kappa shape index (κ1) is 15.4. The summed E-state index contributed by atoms with van der Waals surface area (Å²) in [5.41, 5.74) is 1.31. The van der Waals surface area contributed by atoms with E-state index in [0.29, 0.717) is 18.8 Å². The van der Waals surface area contributed by atoms with E-state index in [1.54, 1.807) is 12.3 Å². The van der Waals surface area contributed by atoms with Crippen molar-refractivity contribution in [3.05, 3.63) is 24.0 Å². The second-order valence-corrected chi connectivity index (χ2v) is 4.26. The summed E-state index contributed by atoms with van der Waals surface area (Å²) in [7, 11) is 1.81. The molecule has 0 aliphatic carbocycles. The van der Waals surface area contributed by atoms with Crippen LogP contribution in [0.1, 0.15) is 36.7 Å². The van der Waals surface area contributed by atoms with Crippen molar-refractivity contribution in [2.45, 2.75) is 26.2 Å². The van der Waals surface area contributed by atoms with Crippen LogP contribution >= 0.6 is 0 Å². The highest BCUT2D eigenvalue weighted by Gasteiger charge is 2.06. The second-order valence-electron chi connectivity index (χ2n) is 4.26. The number of carbonyl (C=O) groups is 1. The van der Waals surface area contributed by atoms with Gasteiger partial charge in [-0.05, 0) is 25.0 Å². The Morgan fingerprint density at radius 2 is 2.16 bits per heavy atom. The Kier molecular flexibility index (Phi) is 7.58. The molecule has 1 aromatic rings. The number of anilines is 1. The van der Waals surface area contributed by atoms with Crippen molar-refractivity contribution in [2.24, 2.45) is 0 Å². The van der Waals surface area contributed by atoms with Crippen LogP contribution in [0, 0.1) is 0 Å². The van der Waals surface area contributed by atoms with Crippen LogP contribution in [-0.4, -0.2) is 37.7 Å². The zero-order valence-electron chi connectivity index (χ0n) is 11.7. The van der Waals surface area contributed by atoms with Gasteiger partial charge in [0.05, 0.1) is 0 Å². The molecule has 2 N–H and O–H groups in total. The predicted molar refractivity (Wildman–Crippen MR) is 76.5 cm³/mol. The van der Waals surface area contributed by atoms with Gasteiger partial charge in [-0.2, -0.15) is 0 Å². The SMILES string of the molecule is CCCCOCCCNC(=O)c1cc(NC)ccn1. The highest BCUT2D eigenvalue weighted by atomic mass is 16.5. The van der Waals surface area contributed by atoms with Crippen molar-refractivity contribution in [3.63, 3.8) is 0 Å². The van der Waals surface area contributed by atoms with Crippen LogP contribution in [-0.2, 0) is 4.74 Å². The standard InChI is InChI=1S/C14H23N3O2/c1-3-4-9-19-10-5-7-17-14(18)13-11-12(15-2)6-8-16-13/h6,8,11H,3-5,7,9-10H2,1-2H3,(H,15,16)(H,17,18). The fourth-order valence-electron chi connectivity index (χ4n) is 1.53. The van der Waals surface area contributed by atoms with Gasteiger partial charge in [0.1, 0.15) is 5.69 Å². The fourth-order valence-corrected chi connectivity index (χ4v) is 1.53. The number of amides is 1.